The molecule has 146 valence electrons. The number of anilines is 1. The number of benzene rings is 2. The molecule has 0 spiro atoms. The maximum absolute atomic E-state index is 13.3. The van der Waals surface area contributed by atoms with E-state index in [9.17, 15) is 24.6 Å². The average molecular weight is 382 g/mol. The quantitative estimate of drug-likeness (QED) is 0.825. The lowest BCUT2D eigenvalue weighted by Crippen LogP contribution is -2.46. The van der Waals surface area contributed by atoms with Gasteiger partial charge in [-0.25, -0.2) is 4.79 Å². The molecule has 28 heavy (non-hydrogen) atoms. The van der Waals surface area contributed by atoms with Gasteiger partial charge in [-0.15, -0.1) is 0 Å². The molecular formula is C21H22N2O5. The van der Waals surface area contributed by atoms with Crippen LogP contribution in [0.3, 0.4) is 0 Å². The monoisotopic (exact) mass is 382 g/mol. The van der Waals surface area contributed by atoms with Gasteiger partial charge in [-0.1, -0.05) is 36.4 Å². The zero-order valence-corrected chi connectivity index (χ0v) is 15.7. The number of amides is 1. The van der Waals surface area contributed by atoms with Crippen LogP contribution >= 0.6 is 0 Å². The van der Waals surface area contributed by atoms with Crippen molar-refractivity contribution in [2.75, 3.05) is 11.9 Å². The van der Waals surface area contributed by atoms with Crippen molar-refractivity contribution in [3.8, 4) is 0 Å². The van der Waals surface area contributed by atoms with E-state index in [4.69, 9.17) is 0 Å². The summed E-state index contributed by atoms with van der Waals surface area (Å²) in [5, 5.41) is 18.6. The first kappa shape index (κ1) is 19.4. The number of carbonyl (C=O) groups is 3. The largest absolute Gasteiger partial charge is 0.481 e. The molecule has 2 unspecified atom stereocenters. The van der Waals surface area contributed by atoms with Gasteiger partial charge in [0, 0.05) is 19.3 Å². The predicted octanol–water partition coefficient (Wildman–Crippen LogP) is 2.77. The van der Waals surface area contributed by atoms with Crippen LogP contribution in [-0.2, 0) is 16.1 Å². The maximum Gasteiger partial charge on any atom is 0.335 e. The zero-order valence-electron chi connectivity index (χ0n) is 15.7. The van der Waals surface area contributed by atoms with Crippen LogP contribution in [-0.4, -0.2) is 46.0 Å². The van der Waals surface area contributed by atoms with Crippen molar-refractivity contribution >= 4 is 23.5 Å². The molecular weight excluding hydrogens is 360 g/mol. The van der Waals surface area contributed by atoms with Crippen LogP contribution in [0.15, 0.2) is 48.5 Å². The Kier molecular flexibility index (Phi) is 5.35. The van der Waals surface area contributed by atoms with Crippen LogP contribution in [0.25, 0.3) is 0 Å². The molecule has 0 aliphatic carbocycles. The van der Waals surface area contributed by atoms with Crippen LogP contribution in [0.5, 0.6) is 0 Å². The Morgan fingerprint density at radius 2 is 1.82 bits per heavy atom. The van der Waals surface area contributed by atoms with E-state index in [-0.39, 0.29) is 30.5 Å². The normalized spacial score (nSPS) is 17.6. The second-order valence-corrected chi connectivity index (χ2v) is 6.93. The molecule has 0 radical (unpaired) electrons. The Bertz CT molecular complexity index is 912. The van der Waals surface area contributed by atoms with Gasteiger partial charge in [-0.2, -0.15) is 0 Å². The molecule has 7 nitrogen and oxygen atoms in total. The molecule has 1 aliphatic heterocycles. The lowest BCUT2D eigenvalue weighted by atomic mass is 10.0. The van der Waals surface area contributed by atoms with Gasteiger partial charge in [0.2, 0.25) is 5.91 Å². The second kappa shape index (κ2) is 7.72. The fourth-order valence-electron chi connectivity index (χ4n) is 3.57. The third-order valence-corrected chi connectivity index (χ3v) is 5.21. The minimum absolute atomic E-state index is 0.0941. The second-order valence-electron chi connectivity index (χ2n) is 6.93. The number of nitrogens with zero attached hydrogens (tertiary/aromatic N) is 2. The van der Waals surface area contributed by atoms with E-state index in [1.807, 2.05) is 37.3 Å². The smallest absolute Gasteiger partial charge is 0.335 e. The standard InChI is InChI=1S/C21H22N2O5/c1-13(14-6-4-3-5-7-14)23-12-16-9-8-15(21(27)28)10-17(16)22(2)18(20(23)26)11-19(24)25/h3-10,13,18H,11-12H2,1-2H3,(H,24,25)(H,27,28). The third kappa shape index (κ3) is 3.69. The number of aromatic carboxylic acids is 1. The molecule has 1 amide bonds. The Labute approximate surface area is 162 Å². The van der Waals surface area contributed by atoms with E-state index in [0.717, 1.165) is 11.1 Å². The molecule has 2 atom stereocenters. The van der Waals surface area contributed by atoms with Crippen LogP contribution in [0.2, 0.25) is 0 Å². The van der Waals surface area contributed by atoms with Gasteiger partial charge in [0.25, 0.3) is 0 Å². The number of fused-ring (bicyclic) bond motifs is 1. The van der Waals surface area contributed by atoms with Crippen LogP contribution < -0.4 is 4.90 Å². The van der Waals surface area contributed by atoms with E-state index in [1.165, 1.54) is 12.1 Å². The van der Waals surface area contributed by atoms with Gasteiger partial charge in [0.1, 0.15) is 6.04 Å². The number of hydrogen-bond acceptors (Lipinski definition) is 4. The summed E-state index contributed by atoms with van der Waals surface area (Å²) >= 11 is 0. The summed E-state index contributed by atoms with van der Waals surface area (Å²) in [7, 11) is 1.63. The van der Waals surface area contributed by atoms with Gasteiger partial charge in [0.15, 0.2) is 0 Å². The molecule has 0 aromatic heterocycles. The summed E-state index contributed by atoms with van der Waals surface area (Å²) in [6.07, 6.45) is -0.371. The number of carboxylic acids is 2. The van der Waals surface area contributed by atoms with Crippen molar-refractivity contribution < 1.29 is 24.6 Å². The molecule has 0 saturated carbocycles. The zero-order chi connectivity index (χ0) is 20.4. The molecule has 0 saturated heterocycles. The first-order chi connectivity index (χ1) is 13.3. The van der Waals surface area contributed by atoms with E-state index in [1.54, 1.807) is 22.9 Å². The van der Waals surface area contributed by atoms with Crippen LogP contribution in [0, 0.1) is 0 Å². The molecule has 1 aliphatic rings. The van der Waals surface area contributed by atoms with Gasteiger partial charge in [-0.3, -0.25) is 9.59 Å². The molecule has 2 aromatic carbocycles. The Morgan fingerprint density at radius 3 is 2.43 bits per heavy atom. The summed E-state index contributed by atoms with van der Waals surface area (Å²) in [6.45, 7) is 2.17. The maximum atomic E-state index is 13.3. The van der Waals surface area contributed by atoms with Crippen molar-refractivity contribution in [3.05, 3.63) is 65.2 Å². The van der Waals surface area contributed by atoms with Gasteiger partial charge >= 0.3 is 11.9 Å². The first-order valence-electron chi connectivity index (χ1n) is 8.96. The summed E-state index contributed by atoms with van der Waals surface area (Å²) in [5.41, 5.74) is 2.37. The minimum Gasteiger partial charge on any atom is -0.481 e. The van der Waals surface area contributed by atoms with Crippen molar-refractivity contribution in [1.29, 1.82) is 0 Å². The van der Waals surface area contributed by atoms with Gasteiger partial charge in [0.05, 0.1) is 18.0 Å². The van der Waals surface area contributed by atoms with Crippen molar-refractivity contribution in [2.24, 2.45) is 0 Å². The highest BCUT2D eigenvalue weighted by Gasteiger charge is 2.37. The molecule has 0 bridgehead atoms. The third-order valence-electron chi connectivity index (χ3n) is 5.21. The summed E-state index contributed by atoms with van der Waals surface area (Å²) in [4.78, 5) is 39.3. The van der Waals surface area contributed by atoms with Crippen molar-refractivity contribution in [3.63, 3.8) is 0 Å². The van der Waals surface area contributed by atoms with E-state index in [2.05, 4.69) is 0 Å². The Hall–Kier alpha value is -3.35. The molecule has 2 N–H and O–H groups in total. The lowest BCUT2D eigenvalue weighted by Gasteiger charge is -2.32. The minimum atomic E-state index is -1.09. The fourth-order valence-corrected chi connectivity index (χ4v) is 3.57. The molecule has 0 fully saturated rings. The number of carboxylic acid groups (broad SMARTS) is 2. The lowest BCUT2D eigenvalue weighted by molar-refractivity contribution is -0.143. The van der Waals surface area contributed by atoms with Gasteiger partial charge in [-0.05, 0) is 30.2 Å². The Balaban J connectivity index is 2.08. The molecule has 1 heterocycles. The van der Waals surface area contributed by atoms with E-state index >= 15 is 0 Å². The highest BCUT2D eigenvalue weighted by Crippen LogP contribution is 2.33. The average Bonchev–Trinajstić information content (AvgIpc) is 2.78. The summed E-state index contributed by atoms with van der Waals surface area (Å²) in [6, 6.07) is 13.0. The number of rotatable bonds is 5. The number of likely N-dealkylation sites (N-methyl/N-ethyl adjacent to an activating group) is 1. The van der Waals surface area contributed by atoms with Gasteiger partial charge < -0.3 is 20.0 Å². The molecule has 7 heteroatoms. The number of aliphatic carboxylic acids is 1. The van der Waals surface area contributed by atoms with Crippen LogP contribution in [0.4, 0.5) is 5.69 Å². The van der Waals surface area contributed by atoms with Crippen molar-refractivity contribution in [2.45, 2.75) is 32.0 Å². The SMILES string of the molecule is CC(c1ccccc1)N1Cc2ccc(C(=O)O)cc2N(C)C(CC(=O)O)C1=O. The topological polar surface area (TPSA) is 98.2 Å². The van der Waals surface area contributed by atoms with E-state index < -0.39 is 18.0 Å². The number of hydrogen-bond donors (Lipinski definition) is 2. The summed E-state index contributed by atoms with van der Waals surface area (Å²) < 4.78 is 0. The van der Waals surface area contributed by atoms with Crippen molar-refractivity contribution in [1.82, 2.24) is 4.90 Å². The van der Waals surface area contributed by atoms with Crippen LogP contribution in [0.1, 0.15) is 40.9 Å². The predicted molar refractivity (Wildman–Crippen MR) is 103 cm³/mol. The highest BCUT2D eigenvalue weighted by atomic mass is 16.4. The highest BCUT2D eigenvalue weighted by molar-refractivity contribution is 5.93. The molecule has 2 aromatic rings. The number of carbonyl (C=O) groups excluding carboxylic acids is 1. The molecule has 3 rings (SSSR count). The first-order valence-corrected chi connectivity index (χ1v) is 8.96. The van der Waals surface area contributed by atoms with E-state index in [0.29, 0.717) is 5.69 Å². The Morgan fingerprint density at radius 1 is 1.14 bits per heavy atom. The summed E-state index contributed by atoms with van der Waals surface area (Å²) in [5.74, 6) is -2.46. The fraction of sp³-hybridized carbons (Fsp3) is 0.286.